The van der Waals surface area contributed by atoms with Crippen molar-refractivity contribution in [3.63, 3.8) is 0 Å². The molecule has 1 unspecified atom stereocenters. The molecule has 0 spiro atoms. The first-order valence-electron chi connectivity index (χ1n) is 6.97. The first-order valence-corrected chi connectivity index (χ1v) is 7.85. The zero-order chi connectivity index (χ0) is 15.4. The molecule has 2 aromatic heterocycles. The SMILES string of the molecule is CCOC(=O)C(Sc1nc2ccccc2[nH]1)c1ccccn1. The number of imidazole rings is 1. The highest BCUT2D eigenvalue weighted by Crippen LogP contribution is 2.34. The molecule has 22 heavy (non-hydrogen) atoms. The van der Waals surface area contributed by atoms with E-state index < -0.39 is 5.25 Å². The van der Waals surface area contributed by atoms with Crippen molar-refractivity contribution in [2.24, 2.45) is 0 Å². The molecule has 3 aromatic rings. The van der Waals surface area contributed by atoms with E-state index in [1.165, 1.54) is 11.8 Å². The van der Waals surface area contributed by atoms with Gasteiger partial charge in [-0.1, -0.05) is 30.0 Å². The molecule has 0 saturated heterocycles. The summed E-state index contributed by atoms with van der Waals surface area (Å²) in [5.41, 5.74) is 2.47. The molecule has 0 radical (unpaired) electrons. The number of carbonyl (C=O) groups is 1. The molecule has 0 aliphatic rings. The molecular formula is C16H15N3O2S. The van der Waals surface area contributed by atoms with Crippen LogP contribution in [0.25, 0.3) is 11.0 Å². The van der Waals surface area contributed by atoms with Gasteiger partial charge in [0.25, 0.3) is 0 Å². The Hall–Kier alpha value is -2.34. The van der Waals surface area contributed by atoms with Crippen LogP contribution in [0.5, 0.6) is 0 Å². The van der Waals surface area contributed by atoms with Crippen LogP contribution in [-0.2, 0) is 9.53 Å². The fourth-order valence-corrected chi connectivity index (χ4v) is 3.04. The quantitative estimate of drug-likeness (QED) is 0.578. The number of para-hydroxylation sites is 2. The summed E-state index contributed by atoms with van der Waals surface area (Å²) in [5, 5.41) is 0.131. The minimum Gasteiger partial charge on any atom is -0.465 e. The maximum Gasteiger partial charge on any atom is 0.325 e. The van der Waals surface area contributed by atoms with Crippen LogP contribution in [-0.4, -0.2) is 27.5 Å². The summed E-state index contributed by atoms with van der Waals surface area (Å²) in [6.07, 6.45) is 1.67. The van der Waals surface area contributed by atoms with Crippen LogP contribution in [0.1, 0.15) is 17.9 Å². The van der Waals surface area contributed by atoms with Gasteiger partial charge in [0.1, 0.15) is 0 Å². The second-order valence-corrected chi connectivity index (χ2v) is 5.66. The number of nitrogens with one attached hydrogen (secondary N) is 1. The summed E-state index contributed by atoms with van der Waals surface area (Å²) < 4.78 is 5.16. The van der Waals surface area contributed by atoms with Crippen LogP contribution in [0.2, 0.25) is 0 Å². The smallest absolute Gasteiger partial charge is 0.325 e. The maximum absolute atomic E-state index is 12.2. The molecule has 5 nitrogen and oxygen atoms in total. The summed E-state index contributed by atoms with van der Waals surface area (Å²) in [6.45, 7) is 2.13. The van der Waals surface area contributed by atoms with E-state index in [4.69, 9.17) is 4.74 Å². The minimum absolute atomic E-state index is 0.313. The molecule has 0 aliphatic heterocycles. The lowest BCUT2D eigenvalue weighted by molar-refractivity contribution is -0.142. The topological polar surface area (TPSA) is 67.9 Å². The van der Waals surface area contributed by atoms with Crippen LogP contribution >= 0.6 is 11.8 Å². The highest BCUT2D eigenvalue weighted by Gasteiger charge is 2.26. The van der Waals surface area contributed by atoms with Gasteiger partial charge in [0.15, 0.2) is 10.4 Å². The number of esters is 1. The van der Waals surface area contributed by atoms with E-state index in [1.54, 1.807) is 13.1 Å². The average molecular weight is 313 g/mol. The van der Waals surface area contributed by atoms with Gasteiger partial charge >= 0.3 is 5.97 Å². The molecule has 1 aromatic carbocycles. The Morgan fingerprint density at radius 2 is 2.09 bits per heavy atom. The Kier molecular flexibility index (Phi) is 4.39. The Labute approximate surface area is 132 Å². The predicted octanol–water partition coefficient (Wildman–Crippen LogP) is 3.35. The molecule has 0 fully saturated rings. The number of thioether (sulfide) groups is 1. The largest absolute Gasteiger partial charge is 0.465 e. The Morgan fingerprint density at radius 3 is 2.82 bits per heavy atom. The number of nitrogens with zero attached hydrogens (tertiary/aromatic N) is 2. The monoisotopic (exact) mass is 313 g/mol. The van der Waals surface area contributed by atoms with Crippen molar-refractivity contribution in [1.82, 2.24) is 15.0 Å². The van der Waals surface area contributed by atoms with Crippen molar-refractivity contribution >= 4 is 28.8 Å². The third-order valence-electron chi connectivity index (χ3n) is 3.05. The predicted molar refractivity (Wildman–Crippen MR) is 85.6 cm³/mol. The van der Waals surface area contributed by atoms with E-state index in [9.17, 15) is 4.79 Å². The fraction of sp³-hybridized carbons (Fsp3) is 0.188. The molecule has 3 rings (SSSR count). The molecular weight excluding hydrogens is 298 g/mol. The number of fused-ring (bicyclic) bond motifs is 1. The van der Waals surface area contributed by atoms with Crippen molar-refractivity contribution in [1.29, 1.82) is 0 Å². The lowest BCUT2D eigenvalue weighted by Gasteiger charge is -2.13. The fourth-order valence-electron chi connectivity index (χ4n) is 2.08. The molecule has 0 saturated carbocycles. The van der Waals surface area contributed by atoms with Gasteiger partial charge in [0, 0.05) is 6.20 Å². The number of rotatable bonds is 5. The van der Waals surface area contributed by atoms with E-state index in [-0.39, 0.29) is 5.97 Å². The number of hydrogen-bond donors (Lipinski definition) is 1. The highest BCUT2D eigenvalue weighted by atomic mass is 32.2. The molecule has 2 heterocycles. The summed E-state index contributed by atoms with van der Waals surface area (Å²) in [6, 6.07) is 13.2. The van der Waals surface area contributed by atoms with Crippen molar-refractivity contribution in [3.8, 4) is 0 Å². The highest BCUT2D eigenvalue weighted by molar-refractivity contribution is 8.00. The minimum atomic E-state index is -0.540. The molecule has 0 amide bonds. The number of aromatic amines is 1. The lowest BCUT2D eigenvalue weighted by atomic mass is 10.3. The summed E-state index contributed by atoms with van der Waals surface area (Å²) in [5.74, 6) is -0.313. The molecule has 0 aliphatic carbocycles. The number of H-pyrrole nitrogens is 1. The lowest BCUT2D eigenvalue weighted by Crippen LogP contribution is -2.14. The van der Waals surface area contributed by atoms with Crippen LogP contribution in [0.15, 0.2) is 53.8 Å². The van der Waals surface area contributed by atoms with Gasteiger partial charge < -0.3 is 9.72 Å². The molecule has 0 bridgehead atoms. The van der Waals surface area contributed by atoms with Crippen LogP contribution in [0.4, 0.5) is 0 Å². The van der Waals surface area contributed by atoms with Crippen molar-refractivity contribution in [2.75, 3.05) is 6.61 Å². The van der Waals surface area contributed by atoms with E-state index in [0.29, 0.717) is 17.5 Å². The van der Waals surface area contributed by atoms with Gasteiger partial charge in [0.05, 0.1) is 23.3 Å². The Bertz CT molecular complexity index is 740. The first kappa shape index (κ1) is 14.6. The number of pyridine rings is 1. The van der Waals surface area contributed by atoms with Gasteiger partial charge in [0.2, 0.25) is 0 Å². The van der Waals surface area contributed by atoms with Gasteiger partial charge in [-0.15, -0.1) is 0 Å². The molecule has 112 valence electrons. The Morgan fingerprint density at radius 1 is 1.27 bits per heavy atom. The number of ether oxygens (including phenoxy) is 1. The second-order valence-electron chi connectivity index (χ2n) is 4.56. The third kappa shape index (κ3) is 3.12. The third-order valence-corrected chi connectivity index (χ3v) is 4.14. The van der Waals surface area contributed by atoms with Gasteiger partial charge in [-0.25, -0.2) is 4.98 Å². The Balaban J connectivity index is 1.90. The summed E-state index contributed by atoms with van der Waals surface area (Å²) >= 11 is 1.31. The van der Waals surface area contributed by atoms with Crippen molar-refractivity contribution in [3.05, 3.63) is 54.4 Å². The van der Waals surface area contributed by atoms with Gasteiger partial charge in [-0.05, 0) is 31.2 Å². The van der Waals surface area contributed by atoms with Crippen LogP contribution in [0, 0.1) is 0 Å². The summed E-state index contributed by atoms with van der Waals surface area (Å²) in [4.78, 5) is 24.2. The van der Waals surface area contributed by atoms with Gasteiger partial charge in [-0.3, -0.25) is 9.78 Å². The van der Waals surface area contributed by atoms with Crippen molar-refractivity contribution in [2.45, 2.75) is 17.3 Å². The number of benzene rings is 1. The number of aromatic nitrogens is 3. The molecule has 1 N–H and O–H groups in total. The normalized spacial score (nSPS) is 12.2. The van der Waals surface area contributed by atoms with Crippen LogP contribution < -0.4 is 0 Å². The number of carbonyl (C=O) groups excluding carboxylic acids is 1. The summed E-state index contributed by atoms with van der Waals surface area (Å²) in [7, 11) is 0. The average Bonchev–Trinajstić information content (AvgIpc) is 2.96. The van der Waals surface area contributed by atoms with E-state index in [2.05, 4.69) is 15.0 Å². The zero-order valence-corrected chi connectivity index (χ0v) is 12.8. The van der Waals surface area contributed by atoms with Gasteiger partial charge in [-0.2, -0.15) is 0 Å². The van der Waals surface area contributed by atoms with Crippen molar-refractivity contribution < 1.29 is 9.53 Å². The maximum atomic E-state index is 12.2. The van der Waals surface area contributed by atoms with E-state index in [0.717, 1.165) is 11.0 Å². The van der Waals surface area contributed by atoms with E-state index in [1.807, 2.05) is 42.5 Å². The standard InChI is InChI=1S/C16H15N3O2S/c1-2-21-15(20)14(13-9-5-6-10-17-13)22-16-18-11-7-3-4-8-12(11)19-16/h3-10,14H,2H2,1H3,(H,18,19). The molecule has 1 atom stereocenters. The first-order chi connectivity index (χ1) is 10.8. The van der Waals surface area contributed by atoms with E-state index >= 15 is 0 Å². The number of hydrogen-bond acceptors (Lipinski definition) is 5. The zero-order valence-electron chi connectivity index (χ0n) is 12.0. The molecule has 6 heteroatoms. The van der Waals surface area contributed by atoms with Crippen LogP contribution in [0.3, 0.4) is 0 Å². The second kappa shape index (κ2) is 6.62.